The lowest BCUT2D eigenvalue weighted by Gasteiger charge is -2.20. The molecule has 1 amide bonds. The van der Waals surface area contributed by atoms with Gasteiger partial charge in [0, 0.05) is 37.2 Å². The van der Waals surface area contributed by atoms with Gasteiger partial charge in [-0.1, -0.05) is 18.2 Å². The van der Waals surface area contributed by atoms with Crippen LogP contribution in [0.2, 0.25) is 0 Å². The fourth-order valence-corrected chi connectivity index (χ4v) is 2.65. The Hall–Kier alpha value is -1.55. The van der Waals surface area contributed by atoms with Gasteiger partial charge in [-0.3, -0.25) is 4.79 Å². The highest BCUT2D eigenvalue weighted by molar-refractivity contribution is 5.78. The van der Waals surface area contributed by atoms with Gasteiger partial charge in [0.25, 0.3) is 0 Å². The van der Waals surface area contributed by atoms with Gasteiger partial charge in [-0.2, -0.15) is 0 Å². The van der Waals surface area contributed by atoms with Gasteiger partial charge < -0.3 is 15.5 Å². The number of nitrogens with zero attached hydrogens (tertiary/aromatic N) is 1. The van der Waals surface area contributed by atoms with E-state index in [4.69, 9.17) is 0 Å². The van der Waals surface area contributed by atoms with Crippen LogP contribution in [0, 0.1) is 0 Å². The summed E-state index contributed by atoms with van der Waals surface area (Å²) in [5, 5.41) is 6.40. The first-order valence-electron chi connectivity index (χ1n) is 7.87. The molecule has 4 nitrogen and oxygen atoms in total. The van der Waals surface area contributed by atoms with E-state index in [9.17, 15) is 4.79 Å². The minimum Gasteiger partial charge on any atom is -0.384 e. The molecule has 1 aliphatic heterocycles. The number of carbonyl (C=O) groups is 1. The van der Waals surface area contributed by atoms with Crippen LogP contribution in [0.15, 0.2) is 24.3 Å². The number of para-hydroxylation sites is 1. The second-order valence-corrected chi connectivity index (χ2v) is 6.15. The van der Waals surface area contributed by atoms with Gasteiger partial charge in [-0.05, 0) is 45.5 Å². The monoisotopic (exact) mass is 289 g/mol. The number of nitrogens with one attached hydrogen (secondary N) is 2. The molecular formula is C17H27N3O. The van der Waals surface area contributed by atoms with E-state index < -0.39 is 0 Å². The Bertz CT molecular complexity index is 473. The van der Waals surface area contributed by atoms with E-state index in [2.05, 4.69) is 48.6 Å². The van der Waals surface area contributed by atoms with Crippen LogP contribution in [0.3, 0.4) is 0 Å². The smallest absolute Gasteiger partial charge is 0.220 e. The van der Waals surface area contributed by atoms with Crippen molar-refractivity contribution in [3.63, 3.8) is 0 Å². The molecule has 0 saturated heterocycles. The minimum atomic E-state index is 0.158. The van der Waals surface area contributed by atoms with Crippen molar-refractivity contribution in [1.82, 2.24) is 10.2 Å². The maximum Gasteiger partial charge on any atom is 0.220 e. The number of anilines is 1. The third-order valence-electron chi connectivity index (χ3n) is 4.26. The average molecular weight is 289 g/mol. The average Bonchev–Trinajstić information content (AvgIpc) is 2.86. The van der Waals surface area contributed by atoms with E-state index in [0.29, 0.717) is 18.4 Å². The number of carbonyl (C=O) groups excluding carboxylic acids is 1. The SMILES string of the molecule is CC(C)N(C)CCCNC(=O)CC1CNc2ccccc21. The van der Waals surface area contributed by atoms with Gasteiger partial charge in [0.15, 0.2) is 0 Å². The van der Waals surface area contributed by atoms with Crippen LogP contribution in [-0.4, -0.2) is 43.5 Å². The Morgan fingerprint density at radius 3 is 2.95 bits per heavy atom. The standard InChI is InChI=1S/C17H27N3O/c1-13(2)20(3)10-6-9-18-17(21)11-14-12-19-16-8-5-4-7-15(14)16/h4-5,7-8,13-14,19H,6,9-12H2,1-3H3,(H,18,21). The van der Waals surface area contributed by atoms with Crippen molar-refractivity contribution in [3.05, 3.63) is 29.8 Å². The number of amides is 1. The summed E-state index contributed by atoms with van der Waals surface area (Å²) in [4.78, 5) is 14.3. The summed E-state index contributed by atoms with van der Waals surface area (Å²) in [6, 6.07) is 8.82. The topological polar surface area (TPSA) is 44.4 Å². The Labute approximate surface area is 127 Å². The molecule has 2 N–H and O–H groups in total. The molecule has 2 rings (SSSR count). The predicted octanol–water partition coefficient (Wildman–Crippen LogP) is 2.43. The van der Waals surface area contributed by atoms with Crippen LogP contribution in [0.4, 0.5) is 5.69 Å². The van der Waals surface area contributed by atoms with Gasteiger partial charge >= 0.3 is 0 Å². The van der Waals surface area contributed by atoms with Crippen LogP contribution in [0.25, 0.3) is 0 Å². The van der Waals surface area contributed by atoms with Gasteiger partial charge in [-0.25, -0.2) is 0 Å². The second-order valence-electron chi connectivity index (χ2n) is 6.15. The first-order chi connectivity index (χ1) is 10.1. The molecule has 1 aromatic carbocycles. The van der Waals surface area contributed by atoms with Gasteiger partial charge in [0.1, 0.15) is 0 Å². The van der Waals surface area contributed by atoms with E-state index in [1.807, 2.05) is 12.1 Å². The molecular weight excluding hydrogens is 262 g/mol. The molecule has 0 bridgehead atoms. The van der Waals surface area contributed by atoms with Crippen LogP contribution in [0.1, 0.15) is 38.2 Å². The molecule has 0 aliphatic carbocycles. The molecule has 0 aromatic heterocycles. The third kappa shape index (κ3) is 4.46. The third-order valence-corrected chi connectivity index (χ3v) is 4.26. The molecule has 1 heterocycles. The highest BCUT2D eigenvalue weighted by atomic mass is 16.1. The summed E-state index contributed by atoms with van der Waals surface area (Å²) in [6.07, 6.45) is 1.57. The maximum atomic E-state index is 12.0. The first kappa shape index (κ1) is 15.8. The molecule has 21 heavy (non-hydrogen) atoms. The number of benzene rings is 1. The van der Waals surface area contributed by atoms with Crippen molar-refractivity contribution < 1.29 is 4.79 Å². The molecule has 1 atom stereocenters. The van der Waals surface area contributed by atoms with Crippen LogP contribution in [-0.2, 0) is 4.79 Å². The molecule has 0 spiro atoms. The lowest BCUT2D eigenvalue weighted by Crippen LogP contribution is -2.31. The summed E-state index contributed by atoms with van der Waals surface area (Å²) < 4.78 is 0. The van der Waals surface area contributed by atoms with Crippen LogP contribution < -0.4 is 10.6 Å². The highest BCUT2D eigenvalue weighted by Crippen LogP contribution is 2.32. The van der Waals surface area contributed by atoms with E-state index in [1.54, 1.807) is 0 Å². The Morgan fingerprint density at radius 2 is 2.19 bits per heavy atom. The molecule has 1 aliphatic rings. The fourth-order valence-electron chi connectivity index (χ4n) is 2.65. The van der Waals surface area contributed by atoms with Crippen molar-refractivity contribution in [2.24, 2.45) is 0 Å². The second kappa shape index (κ2) is 7.46. The van der Waals surface area contributed by atoms with E-state index in [1.165, 1.54) is 11.3 Å². The van der Waals surface area contributed by atoms with Gasteiger partial charge in [0.2, 0.25) is 5.91 Å². The molecule has 4 heteroatoms. The number of rotatable bonds is 7. The van der Waals surface area contributed by atoms with Crippen molar-refractivity contribution >= 4 is 11.6 Å². The zero-order valence-electron chi connectivity index (χ0n) is 13.4. The molecule has 0 fully saturated rings. The van der Waals surface area contributed by atoms with Crippen molar-refractivity contribution in [1.29, 1.82) is 0 Å². The van der Waals surface area contributed by atoms with Gasteiger partial charge in [0.05, 0.1) is 0 Å². The van der Waals surface area contributed by atoms with Crippen molar-refractivity contribution in [3.8, 4) is 0 Å². The number of fused-ring (bicyclic) bond motifs is 1. The zero-order valence-corrected chi connectivity index (χ0v) is 13.4. The molecule has 116 valence electrons. The van der Waals surface area contributed by atoms with E-state index in [-0.39, 0.29) is 5.91 Å². The largest absolute Gasteiger partial charge is 0.384 e. The molecule has 1 unspecified atom stereocenters. The van der Waals surface area contributed by atoms with Gasteiger partial charge in [-0.15, -0.1) is 0 Å². The first-order valence-corrected chi connectivity index (χ1v) is 7.87. The lowest BCUT2D eigenvalue weighted by atomic mass is 9.97. The molecule has 1 aromatic rings. The predicted molar refractivity (Wildman–Crippen MR) is 87.7 cm³/mol. The normalized spacial score (nSPS) is 16.9. The fraction of sp³-hybridized carbons (Fsp3) is 0.588. The van der Waals surface area contributed by atoms with Crippen molar-refractivity contribution in [2.45, 2.75) is 38.6 Å². The van der Waals surface area contributed by atoms with Crippen LogP contribution >= 0.6 is 0 Å². The lowest BCUT2D eigenvalue weighted by molar-refractivity contribution is -0.121. The summed E-state index contributed by atoms with van der Waals surface area (Å²) in [5.74, 6) is 0.463. The Balaban J connectivity index is 1.69. The Kier molecular flexibility index (Phi) is 5.62. The summed E-state index contributed by atoms with van der Waals surface area (Å²) >= 11 is 0. The van der Waals surface area contributed by atoms with Crippen molar-refractivity contribution in [2.75, 3.05) is 32.0 Å². The minimum absolute atomic E-state index is 0.158. The van der Waals surface area contributed by atoms with Crippen LogP contribution in [0.5, 0.6) is 0 Å². The molecule has 0 saturated carbocycles. The zero-order chi connectivity index (χ0) is 15.2. The summed E-state index contributed by atoms with van der Waals surface area (Å²) in [6.45, 7) is 7.01. The maximum absolute atomic E-state index is 12.0. The van der Waals surface area contributed by atoms with E-state index >= 15 is 0 Å². The van der Waals surface area contributed by atoms with E-state index in [0.717, 1.165) is 26.1 Å². The highest BCUT2D eigenvalue weighted by Gasteiger charge is 2.23. The Morgan fingerprint density at radius 1 is 1.43 bits per heavy atom. The summed E-state index contributed by atoms with van der Waals surface area (Å²) in [7, 11) is 2.12. The number of hydrogen-bond acceptors (Lipinski definition) is 3. The summed E-state index contributed by atoms with van der Waals surface area (Å²) in [5.41, 5.74) is 2.45. The number of hydrogen-bond donors (Lipinski definition) is 2. The molecule has 0 radical (unpaired) electrons. The quantitative estimate of drug-likeness (QED) is 0.758.